The van der Waals surface area contributed by atoms with E-state index in [2.05, 4.69) is 10.6 Å². The molecule has 0 unspecified atom stereocenters. The minimum atomic E-state index is -0.881. The van der Waals surface area contributed by atoms with Gasteiger partial charge >= 0.3 is 0 Å². The maximum atomic E-state index is 13.9. The molecular weight excluding hydrogens is 591 g/mol. The Kier molecular flexibility index (Phi) is 12.6. The van der Waals surface area contributed by atoms with Gasteiger partial charge in [0.1, 0.15) is 11.6 Å². The minimum Gasteiger partial charge on any atom is -0.352 e. The number of amides is 2. The molecule has 4 rings (SSSR count). The molecule has 2 atom stereocenters. The van der Waals surface area contributed by atoms with Gasteiger partial charge in [0.05, 0.1) is 6.04 Å². The van der Waals surface area contributed by atoms with Crippen LogP contribution in [0.3, 0.4) is 0 Å². The number of benzene rings is 4. The molecule has 0 aliphatic rings. The smallest absolute Gasteiger partial charge is 0.224 e. The minimum absolute atomic E-state index is 0.0328. The van der Waals surface area contributed by atoms with Crippen LogP contribution in [-0.2, 0) is 38.4 Å². The van der Waals surface area contributed by atoms with Crippen LogP contribution in [-0.4, -0.2) is 35.0 Å². The molecule has 0 aromatic heterocycles. The number of carbonyl (C=O) groups excluding carboxylic acids is 4. The van der Waals surface area contributed by atoms with Crippen LogP contribution < -0.4 is 10.6 Å². The molecule has 0 fully saturated rings. The first-order valence-corrected chi connectivity index (χ1v) is 16.4. The zero-order chi connectivity index (χ0) is 33.8. The Morgan fingerprint density at radius 3 is 2.13 bits per heavy atom. The van der Waals surface area contributed by atoms with Crippen molar-refractivity contribution >= 4 is 34.2 Å². The van der Waals surface area contributed by atoms with E-state index in [1.165, 1.54) is 12.1 Å². The van der Waals surface area contributed by atoms with Gasteiger partial charge in [-0.05, 0) is 86.1 Å². The summed E-state index contributed by atoms with van der Waals surface area (Å²) in [5, 5.41) is 8.01. The highest BCUT2D eigenvalue weighted by Crippen LogP contribution is 2.21. The molecule has 6 nitrogen and oxygen atoms in total. The van der Waals surface area contributed by atoms with Gasteiger partial charge in [0, 0.05) is 37.1 Å². The second-order valence-electron chi connectivity index (χ2n) is 13.3. The Bertz CT molecular complexity index is 1660. The van der Waals surface area contributed by atoms with Crippen LogP contribution >= 0.6 is 0 Å². The van der Waals surface area contributed by atoms with E-state index in [-0.39, 0.29) is 61.8 Å². The third-order valence-electron chi connectivity index (χ3n) is 8.19. The molecule has 0 saturated heterocycles. The third kappa shape index (κ3) is 11.6. The summed E-state index contributed by atoms with van der Waals surface area (Å²) in [4.78, 5) is 53.4. The van der Waals surface area contributed by atoms with Gasteiger partial charge in [-0.1, -0.05) is 84.9 Å². The first-order chi connectivity index (χ1) is 22.5. The highest BCUT2D eigenvalue weighted by molar-refractivity contribution is 5.93. The van der Waals surface area contributed by atoms with Gasteiger partial charge in [0.25, 0.3) is 0 Å². The second kappa shape index (κ2) is 16.8. The first kappa shape index (κ1) is 35.2. The van der Waals surface area contributed by atoms with Crippen LogP contribution in [0.5, 0.6) is 0 Å². The van der Waals surface area contributed by atoms with E-state index in [0.717, 1.165) is 21.9 Å². The Hall–Kier alpha value is -4.65. The van der Waals surface area contributed by atoms with Gasteiger partial charge in [-0.2, -0.15) is 0 Å². The molecule has 0 aliphatic carbocycles. The maximum Gasteiger partial charge on any atom is 0.224 e. The van der Waals surface area contributed by atoms with Gasteiger partial charge in [-0.3, -0.25) is 19.2 Å². The molecule has 2 amide bonds. The van der Waals surface area contributed by atoms with Crippen molar-refractivity contribution in [3.05, 3.63) is 120 Å². The molecule has 0 aliphatic heterocycles. The fourth-order valence-corrected chi connectivity index (χ4v) is 5.75. The molecular formula is C40H45FN2O4. The number of aryl methyl sites for hydroxylation is 2. The third-order valence-corrected chi connectivity index (χ3v) is 8.19. The van der Waals surface area contributed by atoms with E-state index >= 15 is 0 Å². The van der Waals surface area contributed by atoms with Gasteiger partial charge in [-0.25, -0.2) is 4.39 Å². The van der Waals surface area contributed by atoms with Crippen molar-refractivity contribution in [3.63, 3.8) is 0 Å². The molecule has 4 aromatic carbocycles. The number of nitrogens with one attached hydrogen (secondary N) is 2. The summed E-state index contributed by atoms with van der Waals surface area (Å²) in [5.41, 5.74) is 2.34. The van der Waals surface area contributed by atoms with Gasteiger partial charge in [0.15, 0.2) is 5.78 Å². The zero-order valence-electron chi connectivity index (χ0n) is 27.6. The topological polar surface area (TPSA) is 92.3 Å². The molecule has 0 spiro atoms. The van der Waals surface area contributed by atoms with Gasteiger partial charge < -0.3 is 10.6 Å². The Balaban J connectivity index is 1.50. The number of carbonyl (C=O) groups is 4. The Morgan fingerprint density at radius 1 is 0.723 bits per heavy atom. The van der Waals surface area contributed by atoms with Crippen LogP contribution in [0, 0.1) is 11.7 Å². The monoisotopic (exact) mass is 636 g/mol. The number of hydrogen-bond acceptors (Lipinski definition) is 4. The average molecular weight is 637 g/mol. The fraction of sp³-hybridized carbons (Fsp3) is 0.350. The van der Waals surface area contributed by atoms with Crippen molar-refractivity contribution in [2.45, 2.75) is 83.7 Å². The zero-order valence-corrected chi connectivity index (χ0v) is 27.6. The summed E-state index contributed by atoms with van der Waals surface area (Å²) in [5.74, 6) is -2.06. The Labute approximate surface area is 277 Å². The summed E-state index contributed by atoms with van der Waals surface area (Å²) in [6, 6.07) is 28.7. The van der Waals surface area contributed by atoms with Crippen LogP contribution in [0.2, 0.25) is 0 Å². The lowest BCUT2D eigenvalue weighted by molar-refractivity contribution is -0.133. The van der Waals surface area contributed by atoms with Crippen molar-refractivity contribution in [2.75, 3.05) is 0 Å². The highest BCUT2D eigenvalue weighted by Gasteiger charge is 2.28. The lowest BCUT2D eigenvalue weighted by Gasteiger charge is -2.24. The van der Waals surface area contributed by atoms with E-state index in [9.17, 15) is 23.6 Å². The van der Waals surface area contributed by atoms with E-state index in [1.54, 1.807) is 12.1 Å². The highest BCUT2D eigenvalue weighted by atomic mass is 19.1. The first-order valence-electron chi connectivity index (χ1n) is 16.4. The van der Waals surface area contributed by atoms with Crippen LogP contribution in [0.25, 0.3) is 10.8 Å². The van der Waals surface area contributed by atoms with E-state index in [4.69, 9.17) is 0 Å². The predicted octanol–water partition coefficient (Wildman–Crippen LogP) is 7.11. The second-order valence-corrected chi connectivity index (χ2v) is 13.3. The number of ketones is 2. The number of halogens is 1. The standard InChI is InChI=1S/C40H45FN2O4/c1-40(2,3)43-38(46)25-20-32(27-34(44)23-18-28-10-5-4-6-11-28)39(47)42-36(26-29-16-21-33(41)22-17-29)37(45)24-19-31-14-9-13-30-12-7-8-15-35(30)31/h4-17,21-22,32,36H,18-20,23-27H2,1-3H3,(H,42,47)(H,43,46)/t32-,36+/m1/s1. The van der Waals surface area contributed by atoms with Crippen molar-refractivity contribution < 1.29 is 23.6 Å². The largest absolute Gasteiger partial charge is 0.352 e. The lowest BCUT2D eigenvalue weighted by Crippen LogP contribution is -2.46. The molecule has 0 radical (unpaired) electrons. The van der Waals surface area contributed by atoms with Crippen molar-refractivity contribution in [1.82, 2.24) is 10.6 Å². The van der Waals surface area contributed by atoms with Crippen molar-refractivity contribution in [2.24, 2.45) is 5.92 Å². The SMILES string of the molecule is CC(C)(C)NC(=O)CC[C@H](CC(=O)CCc1ccccc1)C(=O)N[C@@H](Cc1ccc(F)cc1)C(=O)CCc1cccc2ccccc12. The maximum absolute atomic E-state index is 13.9. The molecule has 246 valence electrons. The van der Waals surface area contributed by atoms with E-state index < -0.39 is 23.4 Å². The molecule has 2 N–H and O–H groups in total. The summed E-state index contributed by atoms with van der Waals surface area (Å²) in [6.45, 7) is 5.64. The van der Waals surface area contributed by atoms with E-state index in [1.807, 2.05) is 93.6 Å². The van der Waals surface area contributed by atoms with Gasteiger partial charge in [0.2, 0.25) is 11.8 Å². The fourth-order valence-electron chi connectivity index (χ4n) is 5.75. The summed E-state index contributed by atoms with van der Waals surface area (Å²) >= 11 is 0. The molecule has 0 heterocycles. The van der Waals surface area contributed by atoms with Crippen LogP contribution in [0.4, 0.5) is 4.39 Å². The molecule has 4 aromatic rings. The van der Waals surface area contributed by atoms with Crippen molar-refractivity contribution in [3.8, 4) is 0 Å². The van der Waals surface area contributed by atoms with Crippen molar-refractivity contribution in [1.29, 1.82) is 0 Å². The van der Waals surface area contributed by atoms with Crippen LogP contribution in [0.15, 0.2) is 97.1 Å². The quantitative estimate of drug-likeness (QED) is 0.137. The van der Waals surface area contributed by atoms with E-state index in [0.29, 0.717) is 18.4 Å². The molecule has 7 heteroatoms. The average Bonchev–Trinajstić information content (AvgIpc) is 3.04. The molecule has 0 bridgehead atoms. The van der Waals surface area contributed by atoms with Crippen LogP contribution in [0.1, 0.15) is 69.6 Å². The number of fused-ring (bicyclic) bond motifs is 1. The summed E-state index contributed by atoms with van der Waals surface area (Å²) in [6.07, 6.45) is 1.88. The van der Waals surface area contributed by atoms with Gasteiger partial charge in [-0.15, -0.1) is 0 Å². The predicted molar refractivity (Wildman–Crippen MR) is 184 cm³/mol. The number of rotatable bonds is 16. The lowest BCUT2D eigenvalue weighted by atomic mass is 9.91. The number of Topliss-reactive ketones (excluding diaryl/α,β-unsaturated/α-hetero) is 2. The summed E-state index contributed by atoms with van der Waals surface area (Å²) < 4.78 is 13.7. The summed E-state index contributed by atoms with van der Waals surface area (Å²) in [7, 11) is 0. The number of hydrogen-bond donors (Lipinski definition) is 2. The Morgan fingerprint density at radius 2 is 1.40 bits per heavy atom. The normalized spacial score (nSPS) is 12.7. The molecule has 47 heavy (non-hydrogen) atoms. The molecule has 0 saturated carbocycles.